The lowest BCUT2D eigenvalue weighted by Crippen LogP contribution is -2.51. The van der Waals surface area contributed by atoms with Crippen LogP contribution in [0.1, 0.15) is 26.7 Å². The van der Waals surface area contributed by atoms with Gasteiger partial charge in [-0.1, -0.05) is 13.8 Å². The van der Waals surface area contributed by atoms with Gasteiger partial charge in [-0.3, -0.25) is 4.90 Å². The number of rotatable bonds is 3. The highest BCUT2D eigenvalue weighted by Gasteiger charge is 2.37. The lowest BCUT2D eigenvalue weighted by molar-refractivity contribution is 0.00475. The van der Waals surface area contributed by atoms with Gasteiger partial charge in [-0.05, 0) is 13.1 Å². The third-order valence-electron chi connectivity index (χ3n) is 2.90. The van der Waals surface area contributed by atoms with Gasteiger partial charge in [0.2, 0.25) is 0 Å². The van der Waals surface area contributed by atoms with Crippen LogP contribution in [-0.4, -0.2) is 36.7 Å². The molecule has 0 saturated carbocycles. The fraction of sp³-hybridized carbons (Fsp3) is 0.900. The molecule has 3 nitrogen and oxygen atoms in total. The molecular formula is C10H19ClN2O. The van der Waals surface area contributed by atoms with Crippen LogP contribution in [0.15, 0.2) is 0 Å². The lowest BCUT2D eigenvalue weighted by Gasteiger charge is -2.40. The van der Waals surface area contributed by atoms with Gasteiger partial charge >= 0.3 is 0 Å². The molecule has 0 amide bonds. The van der Waals surface area contributed by atoms with Crippen molar-refractivity contribution < 1.29 is 4.74 Å². The van der Waals surface area contributed by atoms with Gasteiger partial charge in [0, 0.05) is 26.1 Å². The molecule has 4 heteroatoms. The van der Waals surface area contributed by atoms with Crippen molar-refractivity contribution >= 4 is 12.4 Å². The van der Waals surface area contributed by atoms with Crippen molar-refractivity contribution in [3.63, 3.8) is 0 Å². The number of nitrogens with zero attached hydrogens (tertiary/aromatic N) is 2. The van der Waals surface area contributed by atoms with Crippen LogP contribution in [0.25, 0.3) is 0 Å². The molecular weight excluding hydrogens is 200 g/mol. The van der Waals surface area contributed by atoms with Crippen LogP contribution >= 0.6 is 12.4 Å². The second-order valence-corrected chi connectivity index (χ2v) is 3.43. The fourth-order valence-corrected chi connectivity index (χ4v) is 2.04. The van der Waals surface area contributed by atoms with E-state index in [0.717, 1.165) is 39.1 Å². The molecule has 1 heterocycles. The Morgan fingerprint density at radius 1 is 1.29 bits per heavy atom. The first-order valence-electron chi connectivity index (χ1n) is 5.03. The number of nitriles is 1. The quantitative estimate of drug-likeness (QED) is 0.725. The normalized spacial score (nSPS) is 19.9. The van der Waals surface area contributed by atoms with Crippen molar-refractivity contribution in [1.29, 1.82) is 5.26 Å². The second kappa shape index (κ2) is 6.23. The monoisotopic (exact) mass is 218 g/mol. The summed E-state index contributed by atoms with van der Waals surface area (Å²) in [4.78, 5) is 2.25. The standard InChI is InChI=1S/C10H18N2O.ClH/c1-3-12(4-2)10(9-11)5-7-13-8-6-10;/h3-8H2,1-2H3;1H. The summed E-state index contributed by atoms with van der Waals surface area (Å²) < 4.78 is 5.29. The zero-order chi connectivity index (χ0) is 9.73. The SMILES string of the molecule is CCN(CC)C1(C#N)CCOCC1.Cl. The van der Waals surface area contributed by atoms with Crippen LogP contribution in [0.3, 0.4) is 0 Å². The van der Waals surface area contributed by atoms with E-state index in [9.17, 15) is 5.26 Å². The number of ether oxygens (including phenoxy) is 1. The first-order valence-corrected chi connectivity index (χ1v) is 5.03. The molecule has 0 spiro atoms. The summed E-state index contributed by atoms with van der Waals surface area (Å²) in [5, 5.41) is 9.23. The maximum absolute atomic E-state index is 9.23. The van der Waals surface area contributed by atoms with Gasteiger partial charge in [-0.2, -0.15) is 5.26 Å². The van der Waals surface area contributed by atoms with Crippen LogP contribution in [-0.2, 0) is 4.74 Å². The average molecular weight is 219 g/mol. The Morgan fingerprint density at radius 3 is 2.14 bits per heavy atom. The Labute approximate surface area is 92.4 Å². The Hall–Kier alpha value is -0.300. The molecule has 1 aliphatic rings. The molecule has 1 fully saturated rings. The summed E-state index contributed by atoms with van der Waals surface area (Å²) in [7, 11) is 0. The second-order valence-electron chi connectivity index (χ2n) is 3.43. The zero-order valence-corrected chi connectivity index (χ0v) is 9.77. The van der Waals surface area contributed by atoms with E-state index in [1.54, 1.807) is 0 Å². The first-order chi connectivity index (χ1) is 6.29. The smallest absolute Gasteiger partial charge is 0.113 e. The molecule has 0 aliphatic carbocycles. The van der Waals surface area contributed by atoms with Gasteiger partial charge in [-0.25, -0.2) is 0 Å². The van der Waals surface area contributed by atoms with Crippen molar-refractivity contribution in [1.82, 2.24) is 4.90 Å². The van der Waals surface area contributed by atoms with Crippen molar-refractivity contribution in [2.45, 2.75) is 32.2 Å². The summed E-state index contributed by atoms with van der Waals surface area (Å²) in [6.07, 6.45) is 1.70. The summed E-state index contributed by atoms with van der Waals surface area (Å²) in [6, 6.07) is 2.47. The number of hydrogen-bond acceptors (Lipinski definition) is 3. The first kappa shape index (κ1) is 13.7. The summed E-state index contributed by atoms with van der Waals surface area (Å²) >= 11 is 0. The zero-order valence-electron chi connectivity index (χ0n) is 8.95. The molecule has 0 aromatic carbocycles. The van der Waals surface area contributed by atoms with Crippen LogP contribution in [0.4, 0.5) is 0 Å². The van der Waals surface area contributed by atoms with Gasteiger partial charge in [0.15, 0.2) is 0 Å². The van der Waals surface area contributed by atoms with Gasteiger partial charge in [-0.15, -0.1) is 12.4 Å². The number of halogens is 1. The van der Waals surface area contributed by atoms with Gasteiger partial charge in [0.05, 0.1) is 6.07 Å². The summed E-state index contributed by atoms with van der Waals surface area (Å²) in [5.74, 6) is 0. The van der Waals surface area contributed by atoms with E-state index >= 15 is 0 Å². The molecule has 14 heavy (non-hydrogen) atoms. The maximum Gasteiger partial charge on any atom is 0.113 e. The molecule has 0 bridgehead atoms. The molecule has 1 saturated heterocycles. The van der Waals surface area contributed by atoms with Gasteiger partial charge in [0.25, 0.3) is 0 Å². The largest absolute Gasteiger partial charge is 0.381 e. The molecule has 82 valence electrons. The van der Waals surface area contributed by atoms with Crippen molar-refractivity contribution in [3.8, 4) is 6.07 Å². The molecule has 1 aliphatic heterocycles. The maximum atomic E-state index is 9.23. The number of hydrogen-bond donors (Lipinski definition) is 0. The summed E-state index contributed by atoms with van der Waals surface area (Å²) in [5.41, 5.74) is -0.248. The van der Waals surface area contributed by atoms with Crippen LogP contribution in [0.2, 0.25) is 0 Å². The highest BCUT2D eigenvalue weighted by molar-refractivity contribution is 5.85. The van der Waals surface area contributed by atoms with E-state index in [0.29, 0.717) is 0 Å². The molecule has 0 atom stereocenters. The fourth-order valence-electron chi connectivity index (χ4n) is 2.04. The Balaban J connectivity index is 0.00000169. The summed E-state index contributed by atoms with van der Waals surface area (Å²) in [6.45, 7) is 7.57. The van der Waals surface area contributed by atoms with E-state index in [1.807, 2.05) is 0 Å². The third-order valence-corrected chi connectivity index (χ3v) is 2.90. The molecule has 0 N–H and O–H groups in total. The molecule has 0 unspecified atom stereocenters. The van der Waals surface area contributed by atoms with Gasteiger partial charge < -0.3 is 4.74 Å². The predicted octanol–water partition coefficient (Wildman–Crippen LogP) is 1.82. The molecule has 0 aromatic rings. The molecule has 1 rings (SSSR count). The minimum Gasteiger partial charge on any atom is -0.381 e. The van der Waals surface area contributed by atoms with E-state index in [4.69, 9.17) is 4.74 Å². The van der Waals surface area contributed by atoms with Gasteiger partial charge in [0.1, 0.15) is 5.54 Å². The van der Waals surface area contributed by atoms with Crippen LogP contribution in [0.5, 0.6) is 0 Å². The molecule has 0 radical (unpaired) electrons. The predicted molar refractivity (Wildman–Crippen MR) is 58.6 cm³/mol. The lowest BCUT2D eigenvalue weighted by atomic mass is 9.89. The highest BCUT2D eigenvalue weighted by Crippen LogP contribution is 2.26. The average Bonchev–Trinajstić information content (AvgIpc) is 2.21. The van der Waals surface area contributed by atoms with E-state index < -0.39 is 0 Å². The Morgan fingerprint density at radius 2 is 1.79 bits per heavy atom. The van der Waals surface area contributed by atoms with E-state index in [1.165, 1.54) is 0 Å². The van der Waals surface area contributed by atoms with Crippen molar-refractivity contribution in [2.75, 3.05) is 26.3 Å². The van der Waals surface area contributed by atoms with E-state index in [2.05, 4.69) is 24.8 Å². The minimum absolute atomic E-state index is 0. The van der Waals surface area contributed by atoms with Crippen molar-refractivity contribution in [3.05, 3.63) is 0 Å². The van der Waals surface area contributed by atoms with Crippen molar-refractivity contribution in [2.24, 2.45) is 0 Å². The topological polar surface area (TPSA) is 36.3 Å². The minimum atomic E-state index is -0.248. The molecule has 0 aromatic heterocycles. The van der Waals surface area contributed by atoms with E-state index in [-0.39, 0.29) is 17.9 Å². The van der Waals surface area contributed by atoms with Crippen LogP contribution in [0, 0.1) is 11.3 Å². The third kappa shape index (κ3) is 2.60. The Bertz CT molecular complexity index is 193. The highest BCUT2D eigenvalue weighted by atomic mass is 35.5. The Kier molecular flexibility index (Phi) is 6.10. The van der Waals surface area contributed by atoms with Crippen LogP contribution < -0.4 is 0 Å².